The van der Waals surface area contributed by atoms with Crippen LogP contribution in [0.3, 0.4) is 0 Å². The van der Waals surface area contributed by atoms with E-state index in [1.54, 1.807) is 12.1 Å². The fourth-order valence-corrected chi connectivity index (χ4v) is 3.60. The number of hydrogen-bond donors (Lipinski definition) is 3. The zero-order chi connectivity index (χ0) is 16.7. The number of hydrogen-bond acceptors (Lipinski definition) is 4. The summed E-state index contributed by atoms with van der Waals surface area (Å²) in [5, 5.41) is 13.0. The average molecular weight is 377 g/mol. The maximum atomic E-state index is 9.48. The minimum absolute atomic E-state index is 0. The number of fused-ring (bicyclic) bond motifs is 1. The Balaban J connectivity index is 0.00000121. The number of phenolic OH excluding ortho intramolecular Hbond substituents is 1. The third-order valence-electron chi connectivity index (χ3n) is 4.94. The van der Waals surface area contributed by atoms with Crippen molar-refractivity contribution < 1.29 is 10.6 Å². The molecule has 26 heavy (non-hydrogen) atoms. The number of rotatable bonds is 2. The molecule has 1 aliphatic rings. The normalized spacial score (nSPS) is 19.6. The molecule has 2 atom stereocenters. The second-order valence-electron chi connectivity index (χ2n) is 6.74. The number of aromatic amines is 1. The summed E-state index contributed by atoms with van der Waals surface area (Å²) in [6.45, 7) is 5.33. The maximum absolute atomic E-state index is 9.48. The first-order chi connectivity index (χ1) is 11.6. The smallest absolute Gasteiger partial charge is 0.132 e. The molecule has 0 spiro atoms. The quantitative estimate of drug-likeness (QED) is 0.639. The van der Waals surface area contributed by atoms with Crippen LogP contribution in [-0.4, -0.2) is 38.1 Å². The van der Waals surface area contributed by atoms with Crippen molar-refractivity contribution in [2.75, 3.05) is 6.54 Å². The van der Waals surface area contributed by atoms with Gasteiger partial charge in [0.15, 0.2) is 0 Å². The van der Waals surface area contributed by atoms with E-state index in [2.05, 4.69) is 29.1 Å². The van der Waals surface area contributed by atoms with Gasteiger partial charge >= 0.3 is 0 Å². The molecule has 0 aliphatic carbocycles. The summed E-state index contributed by atoms with van der Waals surface area (Å²) in [7, 11) is 0. The van der Waals surface area contributed by atoms with Gasteiger partial charge in [-0.3, -0.25) is 0 Å². The van der Waals surface area contributed by atoms with Crippen molar-refractivity contribution in [1.82, 2.24) is 20.3 Å². The number of H-pyrrole nitrogens is 1. The zero-order valence-corrected chi connectivity index (χ0v) is 15.7. The van der Waals surface area contributed by atoms with Crippen molar-refractivity contribution in [2.24, 2.45) is 0 Å². The minimum Gasteiger partial charge on any atom is -0.508 e. The van der Waals surface area contributed by atoms with E-state index in [-0.39, 0.29) is 23.6 Å². The summed E-state index contributed by atoms with van der Waals surface area (Å²) in [6.07, 6.45) is 4.07. The first-order valence-electron chi connectivity index (χ1n) is 8.50. The highest BCUT2D eigenvalue weighted by Crippen LogP contribution is 2.31. The highest BCUT2D eigenvalue weighted by atomic mass is 35.5. The Bertz CT molecular complexity index is 879. The fourth-order valence-electron chi connectivity index (χ4n) is 3.60. The van der Waals surface area contributed by atoms with Gasteiger partial charge in [0.25, 0.3) is 0 Å². The van der Waals surface area contributed by atoms with Gasteiger partial charge in [0.1, 0.15) is 11.6 Å². The number of halogens is 1. The summed E-state index contributed by atoms with van der Waals surface area (Å²) in [5.74, 6) is 1.65. The molecular formula is C19H25ClN4O2. The molecule has 4 rings (SSSR count). The predicted molar refractivity (Wildman–Crippen MR) is 106 cm³/mol. The molecule has 0 amide bonds. The lowest BCUT2D eigenvalue weighted by atomic mass is 9.92. The number of phenols is 1. The molecule has 1 saturated heterocycles. The van der Waals surface area contributed by atoms with Crippen LogP contribution in [0.4, 0.5) is 0 Å². The maximum Gasteiger partial charge on any atom is 0.132 e. The van der Waals surface area contributed by atoms with Crippen molar-refractivity contribution in [1.29, 1.82) is 0 Å². The van der Waals surface area contributed by atoms with E-state index >= 15 is 0 Å². The number of aromatic nitrogens is 3. The summed E-state index contributed by atoms with van der Waals surface area (Å²) in [4.78, 5) is 12.9. The topological polar surface area (TPSA) is 105 Å². The minimum atomic E-state index is 0. The van der Waals surface area contributed by atoms with Crippen LogP contribution in [0, 0.1) is 6.92 Å². The highest BCUT2D eigenvalue weighted by Gasteiger charge is 2.23. The lowest BCUT2D eigenvalue weighted by molar-refractivity contribution is 0.371. The molecule has 2 unspecified atom stereocenters. The van der Waals surface area contributed by atoms with Crippen LogP contribution in [0.15, 0.2) is 30.5 Å². The predicted octanol–water partition coefficient (Wildman–Crippen LogP) is 3.09. The highest BCUT2D eigenvalue weighted by molar-refractivity contribution is 5.87. The van der Waals surface area contributed by atoms with Crippen molar-refractivity contribution >= 4 is 23.4 Å². The van der Waals surface area contributed by atoms with E-state index in [9.17, 15) is 5.11 Å². The van der Waals surface area contributed by atoms with Gasteiger partial charge in [0.05, 0.1) is 22.9 Å². The largest absolute Gasteiger partial charge is 0.508 e. The number of aryl methyl sites for hydroxylation is 1. The van der Waals surface area contributed by atoms with Crippen LogP contribution in [0.2, 0.25) is 0 Å². The molecule has 7 heteroatoms. The second kappa shape index (κ2) is 8.03. The molecule has 0 radical (unpaired) electrons. The van der Waals surface area contributed by atoms with Crippen molar-refractivity contribution in [3.63, 3.8) is 0 Å². The number of aromatic hydroxyl groups is 1. The van der Waals surface area contributed by atoms with E-state index in [1.165, 1.54) is 0 Å². The van der Waals surface area contributed by atoms with Gasteiger partial charge in [0.2, 0.25) is 0 Å². The second-order valence-corrected chi connectivity index (χ2v) is 6.74. The van der Waals surface area contributed by atoms with Crippen LogP contribution in [-0.2, 0) is 0 Å². The van der Waals surface area contributed by atoms with Gasteiger partial charge in [-0.2, -0.15) is 0 Å². The van der Waals surface area contributed by atoms with E-state index < -0.39 is 0 Å². The molecule has 140 valence electrons. The molecule has 3 aromatic rings. The van der Waals surface area contributed by atoms with Crippen molar-refractivity contribution in [2.45, 2.75) is 38.6 Å². The van der Waals surface area contributed by atoms with Crippen LogP contribution >= 0.6 is 12.4 Å². The Morgan fingerprint density at radius 3 is 2.62 bits per heavy atom. The fraction of sp³-hybridized carbons (Fsp3) is 0.368. The van der Waals surface area contributed by atoms with E-state index in [0.29, 0.717) is 12.0 Å². The molecule has 5 N–H and O–H groups in total. The van der Waals surface area contributed by atoms with E-state index in [0.717, 1.165) is 53.1 Å². The molecule has 0 bridgehead atoms. The summed E-state index contributed by atoms with van der Waals surface area (Å²) < 4.78 is 0. The number of nitrogens with one attached hydrogen (secondary N) is 2. The molecule has 3 heterocycles. The Morgan fingerprint density at radius 2 is 1.92 bits per heavy atom. The van der Waals surface area contributed by atoms with Crippen molar-refractivity contribution in [3.05, 3.63) is 41.9 Å². The van der Waals surface area contributed by atoms with E-state index in [1.807, 2.05) is 18.3 Å². The molecule has 2 aromatic heterocycles. The molecule has 6 nitrogen and oxygen atoms in total. The monoisotopic (exact) mass is 376 g/mol. The first kappa shape index (κ1) is 20.2. The molecule has 1 aliphatic heterocycles. The van der Waals surface area contributed by atoms with Crippen LogP contribution < -0.4 is 5.32 Å². The summed E-state index contributed by atoms with van der Waals surface area (Å²) >= 11 is 0. The SMILES string of the molecule is Cc1c(-c2ccc(O)cc2)[nH]c2cnc(C3CCNC(C)C3)nc12.Cl.O. The molecule has 1 fully saturated rings. The molecule has 1 aromatic carbocycles. The first-order valence-corrected chi connectivity index (χ1v) is 8.50. The third-order valence-corrected chi connectivity index (χ3v) is 4.94. The summed E-state index contributed by atoms with van der Waals surface area (Å²) in [5.41, 5.74) is 5.16. The summed E-state index contributed by atoms with van der Waals surface area (Å²) in [6, 6.07) is 7.75. The van der Waals surface area contributed by atoms with Crippen LogP contribution in [0.5, 0.6) is 5.75 Å². The van der Waals surface area contributed by atoms with Crippen LogP contribution in [0.25, 0.3) is 22.3 Å². The van der Waals surface area contributed by atoms with Gasteiger partial charge in [-0.1, -0.05) is 0 Å². The van der Waals surface area contributed by atoms with Gasteiger partial charge in [-0.15, -0.1) is 12.4 Å². The Hall–Kier alpha value is -2.15. The zero-order valence-electron chi connectivity index (χ0n) is 14.9. The number of piperidine rings is 1. The lowest BCUT2D eigenvalue weighted by Crippen LogP contribution is -2.35. The lowest BCUT2D eigenvalue weighted by Gasteiger charge is -2.26. The number of benzene rings is 1. The van der Waals surface area contributed by atoms with Gasteiger partial charge < -0.3 is 20.9 Å². The molecule has 0 saturated carbocycles. The molecular weight excluding hydrogens is 352 g/mol. The standard InChI is InChI=1S/C19H22N4O.ClH.H2O/c1-11-9-14(7-8-20-11)19-21-10-16-18(23-19)12(2)17(22-16)13-3-5-15(24)6-4-13;;/h3-6,10-11,14,20,22,24H,7-9H2,1-2H3;1H;1H2. The van der Waals surface area contributed by atoms with Gasteiger partial charge in [-0.25, -0.2) is 9.97 Å². The third kappa shape index (κ3) is 3.67. The Kier molecular flexibility index (Phi) is 6.23. The van der Waals surface area contributed by atoms with E-state index in [4.69, 9.17) is 4.98 Å². The Morgan fingerprint density at radius 1 is 1.19 bits per heavy atom. The van der Waals surface area contributed by atoms with Crippen LogP contribution in [0.1, 0.15) is 37.1 Å². The Labute approximate surface area is 158 Å². The van der Waals surface area contributed by atoms with Gasteiger partial charge in [0, 0.05) is 17.5 Å². The van der Waals surface area contributed by atoms with Gasteiger partial charge in [-0.05, 0) is 63.1 Å². The average Bonchev–Trinajstić information content (AvgIpc) is 2.92. The van der Waals surface area contributed by atoms with Crippen molar-refractivity contribution in [3.8, 4) is 17.0 Å². The number of nitrogens with zero attached hydrogens (tertiary/aromatic N) is 2.